The number of quaternary nitrogens is 1. The minimum absolute atomic E-state index is 0.523. The van der Waals surface area contributed by atoms with E-state index in [1.807, 2.05) is 41.3 Å². The third-order valence-corrected chi connectivity index (χ3v) is 4.57. The summed E-state index contributed by atoms with van der Waals surface area (Å²) >= 11 is 0. The van der Waals surface area contributed by atoms with Crippen LogP contribution in [0, 0.1) is 0 Å². The van der Waals surface area contributed by atoms with Crippen molar-refractivity contribution in [3.63, 3.8) is 0 Å². The van der Waals surface area contributed by atoms with Gasteiger partial charge in [-0.1, -0.05) is 30.3 Å². The molecule has 1 N–H and O–H groups in total. The SMILES string of the molecule is COc1cc(C[NH+]2CCN(C=O)CC2)ccc1OCc1ccccc1. The molecule has 0 spiro atoms. The maximum absolute atomic E-state index is 10.8. The maximum atomic E-state index is 10.8. The normalized spacial score (nSPS) is 15.0. The van der Waals surface area contributed by atoms with Crippen LogP contribution >= 0.6 is 0 Å². The van der Waals surface area contributed by atoms with E-state index in [0.717, 1.165) is 56.2 Å². The highest BCUT2D eigenvalue weighted by molar-refractivity contribution is 5.47. The minimum atomic E-state index is 0.523. The van der Waals surface area contributed by atoms with Crippen molar-refractivity contribution in [2.45, 2.75) is 13.2 Å². The number of hydrogen-bond donors (Lipinski definition) is 1. The molecule has 1 saturated heterocycles. The van der Waals surface area contributed by atoms with Gasteiger partial charge in [-0.15, -0.1) is 0 Å². The molecular weight excluding hydrogens is 316 g/mol. The van der Waals surface area contributed by atoms with E-state index in [9.17, 15) is 4.79 Å². The van der Waals surface area contributed by atoms with Gasteiger partial charge in [-0.25, -0.2) is 0 Å². The second kappa shape index (κ2) is 8.53. The molecule has 0 bridgehead atoms. The van der Waals surface area contributed by atoms with Crippen LogP contribution in [0.3, 0.4) is 0 Å². The molecule has 5 nitrogen and oxygen atoms in total. The predicted molar refractivity (Wildman–Crippen MR) is 95.8 cm³/mol. The monoisotopic (exact) mass is 341 g/mol. The maximum Gasteiger partial charge on any atom is 0.210 e. The average Bonchev–Trinajstić information content (AvgIpc) is 2.68. The Hall–Kier alpha value is -2.53. The molecule has 1 fully saturated rings. The molecule has 1 heterocycles. The number of ether oxygens (including phenoxy) is 2. The van der Waals surface area contributed by atoms with Crippen LogP contribution < -0.4 is 14.4 Å². The van der Waals surface area contributed by atoms with E-state index in [0.29, 0.717) is 6.61 Å². The quantitative estimate of drug-likeness (QED) is 0.768. The van der Waals surface area contributed by atoms with E-state index in [4.69, 9.17) is 9.47 Å². The standard InChI is InChI=1S/C20H24N2O3/c1-24-20-13-18(14-21-9-11-22(16-23)12-10-21)7-8-19(20)25-15-17-5-3-2-4-6-17/h2-8,13,16H,9-12,14-15H2,1H3/p+1. The second-order valence-electron chi connectivity index (χ2n) is 6.33. The molecule has 25 heavy (non-hydrogen) atoms. The molecule has 0 radical (unpaired) electrons. The minimum Gasteiger partial charge on any atom is -0.493 e. The summed E-state index contributed by atoms with van der Waals surface area (Å²) in [4.78, 5) is 14.1. The number of amides is 1. The lowest BCUT2D eigenvalue weighted by atomic mass is 10.1. The lowest BCUT2D eigenvalue weighted by molar-refractivity contribution is -0.917. The molecular formula is C20H25N2O3+. The van der Waals surface area contributed by atoms with Crippen molar-refractivity contribution >= 4 is 6.41 Å². The molecule has 0 aromatic heterocycles. The Bertz CT molecular complexity index is 683. The van der Waals surface area contributed by atoms with Crippen molar-refractivity contribution in [1.29, 1.82) is 0 Å². The number of carbonyl (C=O) groups is 1. The summed E-state index contributed by atoms with van der Waals surface area (Å²) in [5.74, 6) is 1.52. The summed E-state index contributed by atoms with van der Waals surface area (Å²) in [6.45, 7) is 5.07. The van der Waals surface area contributed by atoms with E-state index in [1.165, 1.54) is 10.5 Å². The highest BCUT2D eigenvalue weighted by Crippen LogP contribution is 2.28. The van der Waals surface area contributed by atoms with Gasteiger partial charge < -0.3 is 19.3 Å². The van der Waals surface area contributed by atoms with E-state index in [-0.39, 0.29) is 0 Å². The summed E-state index contributed by atoms with van der Waals surface area (Å²) in [6, 6.07) is 16.2. The molecule has 0 saturated carbocycles. The molecule has 2 aromatic carbocycles. The van der Waals surface area contributed by atoms with Crippen LogP contribution in [0.15, 0.2) is 48.5 Å². The van der Waals surface area contributed by atoms with Crippen molar-refractivity contribution in [2.24, 2.45) is 0 Å². The summed E-state index contributed by atoms with van der Waals surface area (Å²) in [5, 5.41) is 0. The Morgan fingerprint density at radius 2 is 1.80 bits per heavy atom. The Kier molecular flexibility index (Phi) is 5.90. The number of nitrogens with zero attached hydrogens (tertiary/aromatic N) is 1. The van der Waals surface area contributed by atoms with Gasteiger partial charge in [0.15, 0.2) is 11.5 Å². The molecule has 2 aromatic rings. The van der Waals surface area contributed by atoms with E-state index < -0.39 is 0 Å². The third kappa shape index (κ3) is 4.73. The van der Waals surface area contributed by atoms with Crippen LogP contribution in [-0.4, -0.2) is 44.6 Å². The first kappa shape index (κ1) is 17.3. The largest absolute Gasteiger partial charge is 0.493 e. The number of nitrogens with one attached hydrogen (secondary N) is 1. The van der Waals surface area contributed by atoms with E-state index in [1.54, 1.807) is 7.11 Å². The smallest absolute Gasteiger partial charge is 0.210 e. The first-order valence-corrected chi connectivity index (χ1v) is 8.65. The Morgan fingerprint density at radius 1 is 1.04 bits per heavy atom. The molecule has 132 valence electrons. The first-order chi connectivity index (χ1) is 12.3. The molecule has 0 atom stereocenters. The lowest BCUT2D eigenvalue weighted by Crippen LogP contribution is -3.13. The Labute approximate surface area is 148 Å². The van der Waals surface area contributed by atoms with Gasteiger partial charge in [-0.2, -0.15) is 0 Å². The number of methoxy groups -OCH3 is 1. The average molecular weight is 341 g/mol. The van der Waals surface area contributed by atoms with Crippen LogP contribution in [0.5, 0.6) is 11.5 Å². The highest BCUT2D eigenvalue weighted by Gasteiger charge is 2.19. The molecule has 0 aliphatic carbocycles. The third-order valence-electron chi connectivity index (χ3n) is 4.57. The number of piperazine rings is 1. The molecule has 1 aliphatic heterocycles. The van der Waals surface area contributed by atoms with Crippen molar-refractivity contribution in [1.82, 2.24) is 4.90 Å². The van der Waals surface area contributed by atoms with Gasteiger partial charge in [0.25, 0.3) is 0 Å². The zero-order valence-electron chi connectivity index (χ0n) is 14.6. The highest BCUT2D eigenvalue weighted by atomic mass is 16.5. The number of hydrogen-bond acceptors (Lipinski definition) is 3. The van der Waals surface area contributed by atoms with Crippen molar-refractivity contribution in [2.75, 3.05) is 33.3 Å². The Balaban J connectivity index is 1.60. The van der Waals surface area contributed by atoms with Crippen LogP contribution in [0.2, 0.25) is 0 Å². The summed E-state index contributed by atoms with van der Waals surface area (Å²) < 4.78 is 11.4. The van der Waals surface area contributed by atoms with Crippen LogP contribution in [0.25, 0.3) is 0 Å². The summed E-state index contributed by atoms with van der Waals surface area (Å²) in [5.41, 5.74) is 2.35. The van der Waals surface area contributed by atoms with Gasteiger partial charge in [0.05, 0.1) is 33.3 Å². The van der Waals surface area contributed by atoms with Crippen molar-refractivity contribution < 1.29 is 19.2 Å². The number of benzene rings is 2. The van der Waals surface area contributed by atoms with Gasteiger partial charge in [0.1, 0.15) is 13.2 Å². The number of rotatable bonds is 7. The summed E-state index contributed by atoms with van der Waals surface area (Å²) in [6.07, 6.45) is 0.943. The predicted octanol–water partition coefficient (Wildman–Crippen LogP) is 1.13. The van der Waals surface area contributed by atoms with Crippen molar-refractivity contribution in [3.8, 4) is 11.5 Å². The fraction of sp³-hybridized carbons (Fsp3) is 0.350. The zero-order valence-corrected chi connectivity index (χ0v) is 14.6. The van der Waals surface area contributed by atoms with Crippen molar-refractivity contribution in [3.05, 3.63) is 59.7 Å². The Morgan fingerprint density at radius 3 is 2.48 bits per heavy atom. The van der Waals surface area contributed by atoms with Gasteiger partial charge in [-0.05, 0) is 23.8 Å². The van der Waals surface area contributed by atoms with Gasteiger partial charge in [-0.3, -0.25) is 4.79 Å². The topological polar surface area (TPSA) is 43.2 Å². The molecule has 3 rings (SSSR count). The first-order valence-electron chi connectivity index (χ1n) is 8.65. The summed E-state index contributed by atoms with van der Waals surface area (Å²) in [7, 11) is 1.67. The molecule has 5 heteroatoms. The number of carbonyl (C=O) groups excluding carboxylic acids is 1. The van der Waals surface area contributed by atoms with E-state index >= 15 is 0 Å². The lowest BCUT2D eigenvalue weighted by Gasteiger charge is -2.29. The van der Waals surface area contributed by atoms with Gasteiger partial charge >= 0.3 is 0 Å². The van der Waals surface area contributed by atoms with Crippen LogP contribution in [0.4, 0.5) is 0 Å². The molecule has 1 amide bonds. The molecule has 1 aliphatic rings. The van der Waals surface area contributed by atoms with E-state index in [2.05, 4.69) is 12.1 Å². The molecule has 0 unspecified atom stereocenters. The second-order valence-corrected chi connectivity index (χ2v) is 6.33. The zero-order chi connectivity index (χ0) is 17.5. The van der Waals surface area contributed by atoms with Crippen LogP contribution in [0.1, 0.15) is 11.1 Å². The van der Waals surface area contributed by atoms with Gasteiger partial charge in [0, 0.05) is 5.56 Å². The fourth-order valence-corrected chi connectivity index (χ4v) is 3.09. The van der Waals surface area contributed by atoms with Gasteiger partial charge in [0.2, 0.25) is 6.41 Å². The van der Waals surface area contributed by atoms with Crippen LogP contribution in [-0.2, 0) is 17.9 Å². The fourth-order valence-electron chi connectivity index (χ4n) is 3.09.